The Bertz CT molecular complexity index is 526. The standard InChI is InChI=1S/C15H21NO2S/c1-13-7-9-14(10-8-13)11-12-19(17,18)16-15-5-3-2-4-6-15/h7-12,15-16H,2-6H2,1H3/b12-11+. The van der Waals surface area contributed by atoms with Crippen LogP contribution in [0.2, 0.25) is 0 Å². The second-order valence-electron chi connectivity index (χ2n) is 5.21. The smallest absolute Gasteiger partial charge is 0.209 e. The third kappa shape index (κ3) is 4.80. The van der Waals surface area contributed by atoms with Crippen molar-refractivity contribution in [3.05, 3.63) is 40.8 Å². The topological polar surface area (TPSA) is 46.2 Å². The molecule has 1 aliphatic rings. The van der Waals surface area contributed by atoms with Gasteiger partial charge in [0.2, 0.25) is 10.0 Å². The third-order valence-electron chi connectivity index (χ3n) is 3.45. The number of hydrogen-bond donors (Lipinski definition) is 1. The molecule has 1 aliphatic carbocycles. The van der Waals surface area contributed by atoms with Crippen molar-refractivity contribution in [2.24, 2.45) is 0 Å². The summed E-state index contributed by atoms with van der Waals surface area (Å²) in [4.78, 5) is 0. The minimum Gasteiger partial charge on any atom is -0.209 e. The van der Waals surface area contributed by atoms with Crippen molar-refractivity contribution in [3.63, 3.8) is 0 Å². The third-order valence-corrected chi connectivity index (χ3v) is 4.61. The molecule has 0 saturated heterocycles. The zero-order valence-electron chi connectivity index (χ0n) is 11.3. The zero-order chi connectivity index (χ0) is 13.7. The molecule has 0 radical (unpaired) electrons. The Balaban J connectivity index is 1.97. The van der Waals surface area contributed by atoms with Gasteiger partial charge in [-0.3, -0.25) is 0 Å². The van der Waals surface area contributed by atoms with Gasteiger partial charge in [-0.25, -0.2) is 13.1 Å². The van der Waals surface area contributed by atoms with Gasteiger partial charge in [-0.05, 0) is 31.4 Å². The van der Waals surface area contributed by atoms with Gasteiger partial charge in [0.05, 0.1) is 0 Å². The Kier molecular flexibility index (Phi) is 4.77. The van der Waals surface area contributed by atoms with E-state index in [-0.39, 0.29) is 6.04 Å². The van der Waals surface area contributed by atoms with Gasteiger partial charge >= 0.3 is 0 Å². The van der Waals surface area contributed by atoms with Crippen LogP contribution in [0.3, 0.4) is 0 Å². The highest BCUT2D eigenvalue weighted by Crippen LogP contribution is 2.18. The van der Waals surface area contributed by atoms with Crippen molar-refractivity contribution in [1.82, 2.24) is 4.72 Å². The largest absolute Gasteiger partial charge is 0.233 e. The van der Waals surface area contributed by atoms with E-state index in [1.807, 2.05) is 31.2 Å². The van der Waals surface area contributed by atoms with Gasteiger partial charge in [0.15, 0.2) is 0 Å². The maximum absolute atomic E-state index is 11.9. The van der Waals surface area contributed by atoms with Gasteiger partial charge in [0.1, 0.15) is 0 Å². The van der Waals surface area contributed by atoms with Gasteiger partial charge in [-0.2, -0.15) is 0 Å². The molecule has 2 rings (SSSR count). The Morgan fingerprint density at radius 1 is 1.11 bits per heavy atom. The molecule has 0 amide bonds. The molecule has 0 aromatic heterocycles. The molecule has 1 fully saturated rings. The summed E-state index contributed by atoms with van der Waals surface area (Å²) in [5.41, 5.74) is 2.07. The average molecular weight is 279 g/mol. The molecule has 3 nitrogen and oxygen atoms in total. The molecule has 19 heavy (non-hydrogen) atoms. The Morgan fingerprint density at radius 3 is 2.37 bits per heavy atom. The normalized spacial score (nSPS) is 17.9. The van der Waals surface area contributed by atoms with E-state index < -0.39 is 10.0 Å². The first-order chi connectivity index (χ1) is 9.05. The fourth-order valence-corrected chi connectivity index (χ4v) is 3.45. The van der Waals surface area contributed by atoms with E-state index in [9.17, 15) is 8.42 Å². The van der Waals surface area contributed by atoms with E-state index in [0.717, 1.165) is 31.2 Å². The number of hydrogen-bond acceptors (Lipinski definition) is 2. The highest BCUT2D eigenvalue weighted by Gasteiger charge is 2.17. The number of benzene rings is 1. The summed E-state index contributed by atoms with van der Waals surface area (Å²) in [7, 11) is -3.32. The van der Waals surface area contributed by atoms with Gasteiger partial charge < -0.3 is 0 Å². The van der Waals surface area contributed by atoms with Crippen LogP contribution in [0.1, 0.15) is 43.2 Å². The van der Waals surface area contributed by atoms with Gasteiger partial charge in [-0.15, -0.1) is 0 Å². The van der Waals surface area contributed by atoms with Crippen LogP contribution in [0, 0.1) is 6.92 Å². The van der Waals surface area contributed by atoms with E-state index in [0.29, 0.717) is 0 Å². The van der Waals surface area contributed by atoms with E-state index in [1.54, 1.807) is 6.08 Å². The molecule has 104 valence electrons. The maximum atomic E-state index is 11.9. The molecular formula is C15H21NO2S. The number of sulfonamides is 1. The fourth-order valence-electron chi connectivity index (χ4n) is 2.34. The highest BCUT2D eigenvalue weighted by molar-refractivity contribution is 7.92. The second-order valence-corrected chi connectivity index (χ2v) is 6.81. The van der Waals surface area contributed by atoms with E-state index >= 15 is 0 Å². The summed E-state index contributed by atoms with van der Waals surface area (Å²) >= 11 is 0. The minimum absolute atomic E-state index is 0.112. The van der Waals surface area contributed by atoms with Crippen molar-refractivity contribution in [2.45, 2.75) is 45.1 Å². The first-order valence-electron chi connectivity index (χ1n) is 6.82. The lowest BCUT2D eigenvalue weighted by atomic mass is 9.96. The molecule has 4 heteroatoms. The summed E-state index contributed by atoms with van der Waals surface area (Å²) in [6, 6.07) is 7.90. The SMILES string of the molecule is Cc1ccc(/C=C/S(=O)(=O)NC2CCCCC2)cc1. The van der Waals surface area contributed by atoms with Gasteiger partial charge in [0, 0.05) is 11.4 Å². The van der Waals surface area contributed by atoms with Crippen molar-refractivity contribution < 1.29 is 8.42 Å². The first-order valence-corrected chi connectivity index (χ1v) is 8.37. The van der Waals surface area contributed by atoms with E-state index in [1.165, 1.54) is 17.4 Å². The molecular weight excluding hydrogens is 258 g/mol. The predicted molar refractivity (Wildman–Crippen MR) is 79.1 cm³/mol. The van der Waals surface area contributed by atoms with Crippen LogP contribution in [-0.4, -0.2) is 14.5 Å². The van der Waals surface area contributed by atoms with Crippen LogP contribution >= 0.6 is 0 Å². The number of nitrogens with one attached hydrogen (secondary N) is 1. The van der Waals surface area contributed by atoms with E-state index in [4.69, 9.17) is 0 Å². The van der Waals surface area contributed by atoms with Crippen molar-refractivity contribution >= 4 is 16.1 Å². The summed E-state index contributed by atoms with van der Waals surface area (Å²) in [5, 5.41) is 1.27. The summed E-state index contributed by atoms with van der Waals surface area (Å²) in [6.07, 6.45) is 7.01. The van der Waals surface area contributed by atoms with Gasteiger partial charge in [-0.1, -0.05) is 49.1 Å². The summed E-state index contributed by atoms with van der Waals surface area (Å²) in [6.45, 7) is 2.01. The Labute approximate surface area is 115 Å². The minimum atomic E-state index is -3.32. The van der Waals surface area contributed by atoms with Crippen LogP contribution in [0.4, 0.5) is 0 Å². The van der Waals surface area contributed by atoms with Gasteiger partial charge in [0.25, 0.3) is 0 Å². The fraction of sp³-hybridized carbons (Fsp3) is 0.467. The van der Waals surface area contributed by atoms with Crippen LogP contribution in [0.15, 0.2) is 29.7 Å². The lowest BCUT2D eigenvalue weighted by Gasteiger charge is -2.21. The molecule has 1 N–H and O–H groups in total. The van der Waals surface area contributed by atoms with Crippen molar-refractivity contribution in [2.75, 3.05) is 0 Å². The summed E-state index contributed by atoms with van der Waals surface area (Å²) in [5.74, 6) is 0. The predicted octanol–water partition coefficient (Wildman–Crippen LogP) is 3.22. The average Bonchev–Trinajstić information content (AvgIpc) is 2.39. The second kappa shape index (κ2) is 6.35. The Hall–Kier alpha value is -1.13. The number of rotatable bonds is 4. The van der Waals surface area contributed by atoms with Crippen molar-refractivity contribution in [3.8, 4) is 0 Å². The molecule has 0 atom stereocenters. The maximum Gasteiger partial charge on any atom is 0.233 e. The molecule has 0 heterocycles. The molecule has 1 aromatic rings. The molecule has 0 bridgehead atoms. The molecule has 1 aromatic carbocycles. The van der Waals surface area contributed by atoms with E-state index in [2.05, 4.69) is 4.72 Å². The lowest BCUT2D eigenvalue weighted by Crippen LogP contribution is -2.34. The monoisotopic (exact) mass is 279 g/mol. The molecule has 0 aliphatic heterocycles. The first kappa shape index (κ1) is 14.3. The molecule has 0 spiro atoms. The highest BCUT2D eigenvalue weighted by atomic mass is 32.2. The van der Waals surface area contributed by atoms with Crippen LogP contribution in [0.25, 0.3) is 6.08 Å². The lowest BCUT2D eigenvalue weighted by molar-refractivity contribution is 0.413. The number of aryl methyl sites for hydroxylation is 1. The zero-order valence-corrected chi connectivity index (χ0v) is 12.1. The van der Waals surface area contributed by atoms with Crippen LogP contribution in [-0.2, 0) is 10.0 Å². The van der Waals surface area contributed by atoms with Crippen molar-refractivity contribution in [1.29, 1.82) is 0 Å². The van der Waals surface area contributed by atoms with Crippen LogP contribution < -0.4 is 4.72 Å². The quantitative estimate of drug-likeness (QED) is 0.920. The Morgan fingerprint density at radius 2 is 1.74 bits per heavy atom. The van der Waals surface area contributed by atoms with Crippen LogP contribution in [0.5, 0.6) is 0 Å². The summed E-state index contributed by atoms with van der Waals surface area (Å²) < 4.78 is 26.6. The molecule has 0 unspecified atom stereocenters. The molecule has 1 saturated carbocycles.